The summed E-state index contributed by atoms with van der Waals surface area (Å²) in [6.45, 7) is 9.28. The van der Waals surface area contributed by atoms with Gasteiger partial charge in [-0.15, -0.1) is 11.3 Å². The molecule has 134 valence electrons. The molecule has 7 heteroatoms. The fraction of sp³-hybridized carbons (Fsp3) is 0.667. The molecule has 0 radical (unpaired) electrons. The molecule has 0 atom stereocenters. The third-order valence-corrected chi connectivity index (χ3v) is 6.55. The zero-order valence-electron chi connectivity index (χ0n) is 14.6. The molecule has 5 rings (SSSR count). The average Bonchev–Trinajstić information content (AvgIpc) is 3.42. The van der Waals surface area contributed by atoms with Gasteiger partial charge in [-0.2, -0.15) is 0 Å². The minimum absolute atomic E-state index is 0.785. The Kier molecular flexibility index (Phi) is 4.33. The topological polar surface area (TPSA) is 44.7 Å². The van der Waals surface area contributed by atoms with E-state index in [0.29, 0.717) is 0 Å². The van der Waals surface area contributed by atoms with E-state index in [0.717, 1.165) is 49.5 Å². The van der Waals surface area contributed by atoms with Crippen LogP contribution in [0.2, 0.25) is 0 Å². The summed E-state index contributed by atoms with van der Waals surface area (Å²) in [5, 5.41) is 1.21. The number of rotatable bonds is 4. The molecule has 4 heterocycles. The lowest BCUT2D eigenvalue weighted by Crippen LogP contribution is -2.46. The van der Waals surface area contributed by atoms with Crippen molar-refractivity contribution in [3.63, 3.8) is 0 Å². The van der Waals surface area contributed by atoms with E-state index < -0.39 is 0 Å². The number of aromatic nitrogens is 2. The summed E-state index contributed by atoms with van der Waals surface area (Å²) in [6, 6.07) is 3.22. The Morgan fingerprint density at radius 2 is 1.84 bits per heavy atom. The number of hydrogen-bond acceptors (Lipinski definition) is 7. The third-order valence-electron chi connectivity index (χ3n) is 5.52. The highest BCUT2D eigenvalue weighted by atomic mass is 32.1. The summed E-state index contributed by atoms with van der Waals surface area (Å²) in [5.41, 5.74) is 0. The van der Waals surface area contributed by atoms with Crippen LogP contribution < -0.4 is 4.90 Å². The Balaban J connectivity index is 1.30. The molecule has 2 aromatic rings. The standard InChI is InChI=1S/C18H25N5OS/c1-2-14(1)22-5-3-21(4-6-22)12-15-11-16-17(19-13-20-18(16)25-15)23-7-9-24-10-8-23/h11,13-14H,1-10,12H2. The number of piperazine rings is 1. The van der Waals surface area contributed by atoms with Crippen LogP contribution >= 0.6 is 11.3 Å². The summed E-state index contributed by atoms with van der Waals surface area (Å²) in [6.07, 6.45) is 4.54. The summed E-state index contributed by atoms with van der Waals surface area (Å²) in [7, 11) is 0. The molecular weight excluding hydrogens is 334 g/mol. The van der Waals surface area contributed by atoms with Crippen LogP contribution in [0.25, 0.3) is 10.2 Å². The first kappa shape index (κ1) is 15.9. The van der Waals surface area contributed by atoms with E-state index in [-0.39, 0.29) is 0 Å². The van der Waals surface area contributed by atoms with Crippen molar-refractivity contribution in [1.29, 1.82) is 0 Å². The maximum Gasteiger partial charge on any atom is 0.140 e. The molecule has 1 aliphatic carbocycles. The predicted octanol–water partition coefficient (Wildman–Crippen LogP) is 1.81. The summed E-state index contributed by atoms with van der Waals surface area (Å²) < 4.78 is 5.48. The Bertz CT molecular complexity index is 732. The Hall–Kier alpha value is -1.28. The number of thiophene rings is 1. The van der Waals surface area contributed by atoms with Gasteiger partial charge in [-0.1, -0.05) is 0 Å². The van der Waals surface area contributed by atoms with Gasteiger partial charge in [0, 0.05) is 56.7 Å². The zero-order valence-corrected chi connectivity index (χ0v) is 15.4. The second-order valence-electron chi connectivity index (χ2n) is 7.27. The summed E-state index contributed by atoms with van der Waals surface area (Å²) >= 11 is 1.82. The first-order valence-corrected chi connectivity index (χ1v) is 10.2. The lowest BCUT2D eigenvalue weighted by atomic mass is 10.2. The van der Waals surface area contributed by atoms with Gasteiger partial charge < -0.3 is 9.64 Å². The van der Waals surface area contributed by atoms with Gasteiger partial charge in [0.2, 0.25) is 0 Å². The van der Waals surface area contributed by atoms with Gasteiger partial charge in [0.25, 0.3) is 0 Å². The molecule has 0 bridgehead atoms. The van der Waals surface area contributed by atoms with Crippen LogP contribution in [0.15, 0.2) is 12.4 Å². The van der Waals surface area contributed by atoms with Crippen molar-refractivity contribution in [2.45, 2.75) is 25.4 Å². The molecule has 1 saturated carbocycles. The SMILES string of the molecule is c1nc(N2CCOCC2)c2cc(CN3CCN(C4CC4)CC3)sc2n1. The second-order valence-corrected chi connectivity index (χ2v) is 8.39. The molecule has 2 aliphatic heterocycles. The second kappa shape index (κ2) is 6.79. The largest absolute Gasteiger partial charge is 0.378 e. The van der Waals surface area contributed by atoms with Crippen molar-refractivity contribution < 1.29 is 4.74 Å². The van der Waals surface area contributed by atoms with Crippen LogP contribution in [0.3, 0.4) is 0 Å². The van der Waals surface area contributed by atoms with E-state index in [2.05, 4.69) is 30.7 Å². The monoisotopic (exact) mass is 359 g/mol. The highest BCUT2D eigenvalue weighted by molar-refractivity contribution is 7.18. The van der Waals surface area contributed by atoms with Gasteiger partial charge in [0.05, 0.1) is 18.6 Å². The molecule has 0 amide bonds. The van der Waals surface area contributed by atoms with Gasteiger partial charge in [0.15, 0.2) is 0 Å². The van der Waals surface area contributed by atoms with E-state index in [1.165, 1.54) is 49.3 Å². The summed E-state index contributed by atoms with van der Waals surface area (Å²) in [5.74, 6) is 1.08. The maximum absolute atomic E-state index is 5.48. The van der Waals surface area contributed by atoms with Crippen molar-refractivity contribution in [2.75, 3.05) is 57.4 Å². The Morgan fingerprint density at radius 1 is 1.04 bits per heavy atom. The summed E-state index contributed by atoms with van der Waals surface area (Å²) in [4.78, 5) is 19.2. The minimum atomic E-state index is 0.785. The molecule has 0 unspecified atom stereocenters. The van der Waals surface area contributed by atoms with Crippen molar-refractivity contribution in [3.05, 3.63) is 17.3 Å². The van der Waals surface area contributed by atoms with Crippen molar-refractivity contribution in [2.24, 2.45) is 0 Å². The third kappa shape index (κ3) is 3.38. The van der Waals surface area contributed by atoms with E-state index >= 15 is 0 Å². The van der Waals surface area contributed by atoms with Gasteiger partial charge in [-0.3, -0.25) is 9.80 Å². The van der Waals surface area contributed by atoms with E-state index in [1.54, 1.807) is 6.33 Å². The first-order chi connectivity index (χ1) is 12.4. The molecule has 3 fully saturated rings. The van der Waals surface area contributed by atoms with Crippen LogP contribution in [-0.2, 0) is 11.3 Å². The lowest BCUT2D eigenvalue weighted by molar-refractivity contribution is 0.122. The molecule has 2 saturated heterocycles. The lowest BCUT2D eigenvalue weighted by Gasteiger charge is -2.34. The zero-order chi connectivity index (χ0) is 16.6. The van der Waals surface area contributed by atoms with Crippen LogP contribution in [0, 0.1) is 0 Å². The molecule has 0 aromatic carbocycles. The van der Waals surface area contributed by atoms with E-state index in [9.17, 15) is 0 Å². The van der Waals surface area contributed by atoms with Crippen LogP contribution in [0.5, 0.6) is 0 Å². The van der Waals surface area contributed by atoms with E-state index in [4.69, 9.17) is 4.74 Å². The minimum Gasteiger partial charge on any atom is -0.378 e. The normalized spacial score (nSPS) is 23.4. The highest BCUT2D eigenvalue weighted by Crippen LogP contribution is 2.32. The van der Waals surface area contributed by atoms with Gasteiger partial charge in [0.1, 0.15) is 17.0 Å². The number of hydrogen-bond donors (Lipinski definition) is 0. The fourth-order valence-electron chi connectivity index (χ4n) is 3.94. The van der Waals surface area contributed by atoms with Crippen molar-refractivity contribution in [3.8, 4) is 0 Å². The maximum atomic E-state index is 5.48. The molecule has 3 aliphatic rings. The van der Waals surface area contributed by atoms with Gasteiger partial charge >= 0.3 is 0 Å². The molecule has 25 heavy (non-hydrogen) atoms. The Morgan fingerprint density at radius 3 is 2.60 bits per heavy atom. The molecular formula is C18H25N5OS. The number of nitrogens with zero attached hydrogens (tertiary/aromatic N) is 5. The van der Waals surface area contributed by atoms with E-state index in [1.807, 2.05) is 11.3 Å². The van der Waals surface area contributed by atoms with Gasteiger partial charge in [-0.05, 0) is 18.9 Å². The smallest absolute Gasteiger partial charge is 0.140 e. The molecule has 6 nitrogen and oxygen atoms in total. The van der Waals surface area contributed by atoms with Crippen molar-refractivity contribution in [1.82, 2.24) is 19.8 Å². The molecule has 0 spiro atoms. The van der Waals surface area contributed by atoms with Crippen LogP contribution in [0.4, 0.5) is 5.82 Å². The highest BCUT2D eigenvalue weighted by Gasteiger charge is 2.31. The first-order valence-electron chi connectivity index (χ1n) is 9.39. The molecule has 2 aromatic heterocycles. The number of morpholine rings is 1. The van der Waals surface area contributed by atoms with Crippen LogP contribution in [-0.4, -0.2) is 78.3 Å². The molecule has 0 N–H and O–H groups in total. The fourth-order valence-corrected chi connectivity index (χ4v) is 4.98. The average molecular weight is 359 g/mol. The predicted molar refractivity (Wildman–Crippen MR) is 100 cm³/mol. The number of ether oxygens (including phenoxy) is 1. The van der Waals surface area contributed by atoms with Crippen molar-refractivity contribution >= 4 is 27.4 Å². The van der Waals surface area contributed by atoms with Gasteiger partial charge in [-0.25, -0.2) is 9.97 Å². The quantitative estimate of drug-likeness (QED) is 0.830. The Labute approximate surface area is 152 Å². The number of fused-ring (bicyclic) bond motifs is 1. The van der Waals surface area contributed by atoms with Crippen LogP contribution in [0.1, 0.15) is 17.7 Å². The number of anilines is 1.